The van der Waals surface area contributed by atoms with Gasteiger partial charge in [0, 0.05) is 30.0 Å². The van der Waals surface area contributed by atoms with Crippen molar-refractivity contribution in [2.75, 3.05) is 23.3 Å². The molecule has 0 fully saturated rings. The Hall–Kier alpha value is -2.40. The SMILES string of the molecule is CCN(CC)c1ccc(NC(=S)NC(=O)c2ccc(C)cc2)c(C)c1. The van der Waals surface area contributed by atoms with Crippen LogP contribution in [-0.4, -0.2) is 24.1 Å². The average Bonchev–Trinajstić information content (AvgIpc) is 2.58. The molecule has 2 aromatic rings. The lowest BCUT2D eigenvalue weighted by atomic mass is 10.1. The highest BCUT2D eigenvalue weighted by atomic mass is 32.1. The molecule has 0 saturated heterocycles. The molecule has 2 aromatic carbocycles. The van der Waals surface area contributed by atoms with Crippen LogP contribution in [0.15, 0.2) is 42.5 Å². The number of rotatable bonds is 5. The third kappa shape index (κ3) is 5.03. The summed E-state index contributed by atoms with van der Waals surface area (Å²) in [7, 11) is 0. The number of amides is 1. The predicted octanol–water partition coefficient (Wildman–Crippen LogP) is 4.28. The van der Waals surface area contributed by atoms with Gasteiger partial charge >= 0.3 is 0 Å². The minimum absolute atomic E-state index is 0.213. The van der Waals surface area contributed by atoms with Crippen LogP contribution in [0.2, 0.25) is 0 Å². The molecule has 1 amide bonds. The van der Waals surface area contributed by atoms with Gasteiger partial charge in [-0.2, -0.15) is 0 Å². The summed E-state index contributed by atoms with van der Waals surface area (Å²) in [5, 5.41) is 6.12. The second-order valence-corrected chi connectivity index (χ2v) is 6.35. The highest BCUT2D eigenvalue weighted by Gasteiger charge is 2.10. The first-order valence-electron chi connectivity index (χ1n) is 8.49. The summed E-state index contributed by atoms with van der Waals surface area (Å²) in [6.45, 7) is 10.2. The fraction of sp³-hybridized carbons (Fsp3) is 0.300. The van der Waals surface area contributed by atoms with E-state index >= 15 is 0 Å². The number of carbonyl (C=O) groups excluding carboxylic acids is 1. The molecule has 0 spiro atoms. The van der Waals surface area contributed by atoms with E-state index in [-0.39, 0.29) is 5.91 Å². The molecular formula is C20H25N3OS. The second kappa shape index (κ2) is 8.62. The molecule has 0 aromatic heterocycles. The Kier molecular flexibility index (Phi) is 6.53. The average molecular weight is 356 g/mol. The summed E-state index contributed by atoms with van der Waals surface area (Å²) >= 11 is 5.27. The van der Waals surface area contributed by atoms with Gasteiger partial charge in [0.2, 0.25) is 0 Å². The monoisotopic (exact) mass is 355 g/mol. The van der Waals surface area contributed by atoms with Crippen LogP contribution in [0, 0.1) is 13.8 Å². The zero-order chi connectivity index (χ0) is 18.4. The third-order valence-electron chi connectivity index (χ3n) is 4.13. The molecule has 0 radical (unpaired) electrons. The molecule has 5 heteroatoms. The standard InChI is InChI=1S/C20H25N3OS/c1-5-23(6-2)17-11-12-18(15(4)13-17)21-20(25)22-19(24)16-9-7-14(3)8-10-16/h7-13H,5-6H2,1-4H3,(H2,21,22,24,25). The molecule has 132 valence electrons. The van der Waals surface area contributed by atoms with Gasteiger partial charge in [0.15, 0.2) is 5.11 Å². The van der Waals surface area contributed by atoms with Crippen molar-refractivity contribution in [1.82, 2.24) is 5.32 Å². The highest BCUT2D eigenvalue weighted by molar-refractivity contribution is 7.80. The summed E-state index contributed by atoms with van der Waals surface area (Å²) in [5.41, 5.74) is 4.86. The van der Waals surface area contributed by atoms with Crippen LogP contribution < -0.4 is 15.5 Å². The Morgan fingerprint density at radius 1 is 1.04 bits per heavy atom. The van der Waals surface area contributed by atoms with E-state index in [9.17, 15) is 4.79 Å². The number of aryl methyl sites for hydroxylation is 2. The molecule has 2 rings (SSSR count). The Balaban J connectivity index is 2.02. The number of thiocarbonyl (C=S) groups is 1. The van der Waals surface area contributed by atoms with Crippen molar-refractivity contribution in [3.05, 3.63) is 59.2 Å². The van der Waals surface area contributed by atoms with Crippen LogP contribution in [0.1, 0.15) is 35.3 Å². The molecule has 25 heavy (non-hydrogen) atoms. The second-order valence-electron chi connectivity index (χ2n) is 5.95. The van der Waals surface area contributed by atoms with E-state index in [1.807, 2.05) is 32.0 Å². The third-order valence-corrected chi connectivity index (χ3v) is 4.33. The maximum absolute atomic E-state index is 12.2. The fourth-order valence-electron chi connectivity index (χ4n) is 2.61. The Labute approximate surface area is 155 Å². The largest absolute Gasteiger partial charge is 0.372 e. The van der Waals surface area contributed by atoms with E-state index in [0.717, 1.165) is 29.9 Å². The van der Waals surface area contributed by atoms with E-state index < -0.39 is 0 Å². The zero-order valence-electron chi connectivity index (χ0n) is 15.2. The molecule has 0 bridgehead atoms. The van der Waals surface area contributed by atoms with E-state index in [0.29, 0.717) is 10.7 Å². The summed E-state index contributed by atoms with van der Waals surface area (Å²) < 4.78 is 0. The van der Waals surface area contributed by atoms with Crippen molar-refractivity contribution in [2.24, 2.45) is 0 Å². The molecule has 2 N–H and O–H groups in total. The first-order chi connectivity index (χ1) is 11.9. The minimum atomic E-state index is -0.213. The zero-order valence-corrected chi connectivity index (χ0v) is 16.0. The Bertz CT molecular complexity index is 752. The van der Waals surface area contributed by atoms with Gasteiger partial charge < -0.3 is 10.2 Å². The number of carbonyl (C=O) groups is 1. The number of anilines is 2. The van der Waals surface area contributed by atoms with Crippen LogP contribution >= 0.6 is 12.2 Å². The molecule has 4 nitrogen and oxygen atoms in total. The van der Waals surface area contributed by atoms with Crippen LogP contribution in [0.4, 0.5) is 11.4 Å². The Morgan fingerprint density at radius 2 is 1.68 bits per heavy atom. The van der Waals surface area contributed by atoms with E-state index in [1.54, 1.807) is 12.1 Å². The Morgan fingerprint density at radius 3 is 2.24 bits per heavy atom. The molecule has 0 saturated carbocycles. The minimum Gasteiger partial charge on any atom is -0.372 e. The van der Waals surface area contributed by atoms with Gasteiger partial charge in [0.05, 0.1) is 0 Å². The van der Waals surface area contributed by atoms with Gasteiger partial charge in [-0.05, 0) is 75.8 Å². The van der Waals surface area contributed by atoms with Crippen molar-refractivity contribution < 1.29 is 4.79 Å². The van der Waals surface area contributed by atoms with Gasteiger partial charge in [-0.1, -0.05) is 17.7 Å². The number of benzene rings is 2. The molecule has 0 aliphatic rings. The van der Waals surface area contributed by atoms with Crippen molar-refractivity contribution in [3.8, 4) is 0 Å². The summed E-state index contributed by atoms with van der Waals surface area (Å²) in [6, 6.07) is 13.6. The van der Waals surface area contributed by atoms with Crippen molar-refractivity contribution in [3.63, 3.8) is 0 Å². The molecular weight excluding hydrogens is 330 g/mol. The first kappa shape index (κ1) is 18.9. The molecule has 0 atom stereocenters. The smallest absolute Gasteiger partial charge is 0.257 e. The summed E-state index contributed by atoms with van der Waals surface area (Å²) in [4.78, 5) is 14.5. The van der Waals surface area contributed by atoms with Gasteiger partial charge in [-0.15, -0.1) is 0 Å². The number of nitrogens with one attached hydrogen (secondary N) is 2. The number of hydrogen-bond donors (Lipinski definition) is 2. The lowest BCUT2D eigenvalue weighted by Gasteiger charge is -2.22. The van der Waals surface area contributed by atoms with Crippen LogP contribution in [-0.2, 0) is 0 Å². The van der Waals surface area contributed by atoms with Gasteiger partial charge in [-0.25, -0.2) is 0 Å². The maximum Gasteiger partial charge on any atom is 0.257 e. The van der Waals surface area contributed by atoms with Crippen molar-refractivity contribution in [1.29, 1.82) is 0 Å². The van der Waals surface area contributed by atoms with Gasteiger partial charge in [0.25, 0.3) is 5.91 Å². The van der Waals surface area contributed by atoms with E-state index in [1.165, 1.54) is 5.69 Å². The normalized spacial score (nSPS) is 10.2. The molecule has 0 unspecified atom stereocenters. The number of hydrogen-bond acceptors (Lipinski definition) is 3. The maximum atomic E-state index is 12.2. The van der Waals surface area contributed by atoms with Gasteiger partial charge in [-0.3, -0.25) is 10.1 Å². The topological polar surface area (TPSA) is 44.4 Å². The fourth-order valence-corrected chi connectivity index (χ4v) is 2.81. The van der Waals surface area contributed by atoms with Crippen molar-refractivity contribution in [2.45, 2.75) is 27.7 Å². The lowest BCUT2D eigenvalue weighted by molar-refractivity contribution is 0.0977. The van der Waals surface area contributed by atoms with Crippen LogP contribution in [0.5, 0.6) is 0 Å². The summed E-state index contributed by atoms with van der Waals surface area (Å²) in [6.07, 6.45) is 0. The predicted molar refractivity (Wildman–Crippen MR) is 110 cm³/mol. The molecule has 0 aliphatic heterocycles. The van der Waals surface area contributed by atoms with Crippen LogP contribution in [0.25, 0.3) is 0 Å². The molecule has 0 aliphatic carbocycles. The van der Waals surface area contributed by atoms with Crippen molar-refractivity contribution >= 4 is 34.6 Å². The molecule has 0 heterocycles. The number of nitrogens with zero attached hydrogens (tertiary/aromatic N) is 1. The quantitative estimate of drug-likeness (QED) is 0.786. The first-order valence-corrected chi connectivity index (χ1v) is 8.90. The highest BCUT2D eigenvalue weighted by Crippen LogP contribution is 2.22. The van der Waals surface area contributed by atoms with Crippen LogP contribution in [0.3, 0.4) is 0 Å². The van der Waals surface area contributed by atoms with Gasteiger partial charge in [0.1, 0.15) is 0 Å². The lowest BCUT2D eigenvalue weighted by Crippen LogP contribution is -2.34. The summed E-state index contributed by atoms with van der Waals surface area (Å²) in [5.74, 6) is -0.213. The van der Waals surface area contributed by atoms with E-state index in [2.05, 4.69) is 41.5 Å². The van der Waals surface area contributed by atoms with E-state index in [4.69, 9.17) is 12.2 Å².